The summed E-state index contributed by atoms with van der Waals surface area (Å²) in [5.74, 6) is 0. The molecule has 6 heteroatoms. The number of hydrogen-bond acceptors (Lipinski definition) is 3. The lowest BCUT2D eigenvalue weighted by Gasteiger charge is -2.23. The number of rotatable bonds is 18. The molecule has 0 saturated heterocycles. The van der Waals surface area contributed by atoms with E-state index in [9.17, 15) is 0 Å². The molecule has 26 aromatic rings. The SMILES string of the molecule is O=P(c1ccccc1)(c1ccccc1)c1ccc2c(-c3ccc(-c4cccc5ccccc45)cc3)c3ccccc3c(-c3ccccc3)c2c1.O=P(c1ccccc1)(c1ccccc1)c1ccc2c(-c3ccc(-c4cccc5ccccc45)cc3)c3ccccc3c(-c3ccccc3-c3ccccc3)c2c1.O=P(c1ccccc1)(c1ccccc1)c1ccc2c(-c3ccccc3)c3ccccc3c(-c3ccccc3)c2c1. The molecule has 0 aliphatic heterocycles. The Labute approximate surface area is 851 Å². The summed E-state index contributed by atoms with van der Waals surface area (Å²) in [6.07, 6.45) is 0. The highest BCUT2D eigenvalue weighted by Gasteiger charge is 2.36. The molecule has 0 atom stereocenters. The molecule has 26 rings (SSSR count). The third-order valence-electron chi connectivity index (χ3n) is 28.8. The molecule has 146 heavy (non-hydrogen) atoms. The van der Waals surface area contributed by atoms with Gasteiger partial charge < -0.3 is 13.7 Å². The van der Waals surface area contributed by atoms with Gasteiger partial charge in [-0.25, -0.2) is 0 Å². The molecule has 0 amide bonds. The van der Waals surface area contributed by atoms with Gasteiger partial charge in [-0.05, 0) is 205 Å². The van der Waals surface area contributed by atoms with Crippen molar-refractivity contribution in [3.05, 3.63) is 588 Å². The van der Waals surface area contributed by atoms with Crippen LogP contribution in [-0.2, 0) is 13.7 Å². The Balaban J connectivity index is 0.000000119. The van der Waals surface area contributed by atoms with Crippen LogP contribution in [0.15, 0.2) is 588 Å². The monoisotopic (exact) mass is 1920 g/mol. The van der Waals surface area contributed by atoms with Crippen LogP contribution in [0.3, 0.4) is 0 Å². The first kappa shape index (κ1) is 91.0. The molecular formula is C140H97O3P3. The van der Waals surface area contributed by atoms with Crippen LogP contribution in [0.4, 0.5) is 0 Å². The smallest absolute Gasteiger partial charge is 0.171 e. The van der Waals surface area contributed by atoms with Crippen molar-refractivity contribution in [2.45, 2.75) is 0 Å². The van der Waals surface area contributed by atoms with Crippen molar-refractivity contribution in [2.24, 2.45) is 0 Å². The minimum Gasteiger partial charge on any atom is -0.309 e. The maximum absolute atomic E-state index is 15.9. The lowest BCUT2D eigenvalue weighted by Crippen LogP contribution is -2.25. The highest BCUT2D eigenvalue weighted by atomic mass is 31.2. The number of benzene rings is 26. The Kier molecular flexibility index (Phi) is 24.8. The molecule has 0 bridgehead atoms. The van der Waals surface area contributed by atoms with Gasteiger partial charge in [-0.15, -0.1) is 0 Å². The summed E-state index contributed by atoms with van der Waals surface area (Å²) in [5.41, 5.74) is 21.0. The number of hydrogen-bond donors (Lipinski definition) is 0. The standard InChI is InChI=1S/C54H37OP.C48H33OP.C38H27OP/c55-56(42-21-6-2-7-22-42,43-23-8-3-9-24-43)44-35-36-51-52(37-44)54(48-27-13-12-26-47(48)38-17-4-1-5-18-38)50-29-15-14-28-49(50)53(51)41-33-31-40(32-34-41)46-30-16-20-39-19-10-11-25-45(39)46;49-50(38-19-6-2-7-20-38,39-21-8-3-9-22-39)40-31-32-45-46(33-40)48(36-16-4-1-5-17-36)44-25-13-12-24-43(44)47(45)37-29-27-35(28-30-37)42-26-14-18-34-15-10-11-23-41(34)42;39-40(30-19-9-3-10-20-30,31-21-11-4-12-22-31)32-25-26-35-36(27-32)38(29-17-7-2-8-18-29)34-24-14-13-23-33(34)37(35)28-15-5-1-6-16-28/h1-37H;1-33H;1-27H. The van der Waals surface area contributed by atoms with Gasteiger partial charge in [-0.2, -0.15) is 0 Å². The highest BCUT2D eigenvalue weighted by molar-refractivity contribution is 7.86. The molecule has 0 unspecified atom stereocenters. The molecule has 0 aromatic heterocycles. The first-order chi connectivity index (χ1) is 72.1. The van der Waals surface area contributed by atoms with Crippen LogP contribution in [0.5, 0.6) is 0 Å². The molecule has 0 radical (unpaired) electrons. The van der Waals surface area contributed by atoms with E-state index in [-0.39, 0.29) is 0 Å². The Morgan fingerprint density at radius 1 is 0.103 bits per heavy atom. The minimum atomic E-state index is -3.27. The average Bonchev–Trinajstić information content (AvgIpc) is 0.721. The molecule has 690 valence electrons. The van der Waals surface area contributed by atoms with Crippen molar-refractivity contribution < 1.29 is 13.7 Å². The van der Waals surface area contributed by atoms with Crippen LogP contribution in [0.25, 0.3) is 186 Å². The van der Waals surface area contributed by atoms with Crippen LogP contribution in [0, 0.1) is 0 Å². The van der Waals surface area contributed by atoms with E-state index in [1.54, 1.807) is 0 Å². The molecule has 3 nitrogen and oxygen atoms in total. The van der Waals surface area contributed by atoms with E-state index in [0.29, 0.717) is 0 Å². The van der Waals surface area contributed by atoms with Gasteiger partial charge >= 0.3 is 0 Å². The van der Waals surface area contributed by atoms with Gasteiger partial charge in [-0.3, -0.25) is 0 Å². The van der Waals surface area contributed by atoms with Crippen LogP contribution in [0.2, 0.25) is 0 Å². The summed E-state index contributed by atoms with van der Waals surface area (Å²) in [6.45, 7) is 0. The Bertz CT molecular complexity index is 9370. The molecule has 0 fully saturated rings. The topological polar surface area (TPSA) is 51.2 Å². The average molecular weight is 1920 g/mol. The largest absolute Gasteiger partial charge is 0.309 e. The van der Waals surface area contributed by atoms with Crippen LogP contribution in [-0.4, -0.2) is 0 Å². The van der Waals surface area contributed by atoms with Crippen molar-refractivity contribution in [2.75, 3.05) is 0 Å². The zero-order valence-electron chi connectivity index (χ0n) is 80.1. The van der Waals surface area contributed by atoms with Gasteiger partial charge in [0.25, 0.3) is 0 Å². The second-order valence-electron chi connectivity index (χ2n) is 37.1. The van der Waals surface area contributed by atoms with E-state index >= 15 is 13.7 Å². The Morgan fingerprint density at radius 3 is 0.568 bits per heavy atom. The summed E-state index contributed by atoms with van der Waals surface area (Å²) < 4.78 is 46.8. The minimum absolute atomic E-state index is 0.813. The van der Waals surface area contributed by atoms with E-state index in [0.717, 1.165) is 136 Å². The molecule has 0 aliphatic carbocycles. The van der Waals surface area contributed by atoms with Crippen molar-refractivity contribution >= 4 is 155 Å². The molecular weight excluding hydrogens is 1820 g/mol. The van der Waals surface area contributed by atoms with Crippen molar-refractivity contribution in [3.8, 4) is 100 Å². The normalized spacial score (nSPS) is 11.6. The predicted octanol–water partition coefficient (Wildman–Crippen LogP) is 34.2. The fourth-order valence-electron chi connectivity index (χ4n) is 22.1. The van der Waals surface area contributed by atoms with Crippen LogP contribution >= 0.6 is 21.4 Å². The molecule has 0 heterocycles. The van der Waals surface area contributed by atoms with E-state index < -0.39 is 21.4 Å². The Hall–Kier alpha value is -17.5. The van der Waals surface area contributed by atoms with Gasteiger partial charge in [-0.1, -0.05) is 570 Å². The summed E-state index contributed by atoms with van der Waals surface area (Å²) in [7, 11) is -9.61. The van der Waals surface area contributed by atoms with Gasteiger partial charge in [0.1, 0.15) is 0 Å². The molecule has 0 aliphatic rings. The Morgan fingerprint density at radius 2 is 0.281 bits per heavy atom. The zero-order valence-corrected chi connectivity index (χ0v) is 82.8. The maximum Gasteiger partial charge on any atom is 0.171 e. The maximum atomic E-state index is 15.9. The summed E-state index contributed by atoms with van der Waals surface area (Å²) in [4.78, 5) is 0. The van der Waals surface area contributed by atoms with Gasteiger partial charge in [0.05, 0.1) is 0 Å². The van der Waals surface area contributed by atoms with Crippen molar-refractivity contribution in [1.29, 1.82) is 0 Å². The zero-order chi connectivity index (χ0) is 97.9. The van der Waals surface area contributed by atoms with Crippen LogP contribution < -0.4 is 47.7 Å². The molecule has 0 N–H and O–H groups in total. The first-order valence-corrected chi connectivity index (χ1v) is 54.8. The van der Waals surface area contributed by atoms with E-state index in [1.807, 2.05) is 182 Å². The van der Waals surface area contributed by atoms with Crippen molar-refractivity contribution in [3.63, 3.8) is 0 Å². The second-order valence-corrected chi connectivity index (χ2v) is 45.4. The second kappa shape index (κ2) is 39.8. The summed E-state index contributed by atoms with van der Waals surface area (Å²) >= 11 is 0. The van der Waals surface area contributed by atoms with Gasteiger partial charge in [0, 0.05) is 47.7 Å². The molecule has 0 saturated carbocycles. The van der Waals surface area contributed by atoms with Crippen molar-refractivity contribution in [1.82, 2.24) is 0 Å². The van der Waals surface area contributed by atoms with E-state index in [4.69, 9.17) is 0 Å². The van der Waals surface area contributed by atoms with E-state index in [1.165, 1.54) is 98.5 Å². The highest BCUT2D eigenvalue weighted by Crippen LogP contribution is 2.54. The quantitative estimate of drug-likeness (QED) is 0.0635. The van der Waals surface area contributed by atoms with Gasteiger partial charge in [0.15, 0.2) is 21.4 Å². The molecule has 0 spiro atoms. The first-order valence-electron chi connectivity index (χ1n) is 49.7. The lowest BCUT2D eigenvalue weighted by atomic mass is 9.83. The predicted molar refractivity (Wildman–Crippen MR) is 626 cm³/mol. The third-order valence-corrected chi connectivity index (χ3v) is 38.0. The number of fused-ring (bicyclic) bond motifs is 8. The van der Waals surface area contributed by atoms with Crippen LogP contribution in [0.1, 0.15) is 0 Å². The molecule has 26 aromatic carbocycles. The third kappa shape index (κ3) is 16.7. The van der Waals surface area contributed by atoms with E-state index in [2.05, 4.69) is 406 Å². The fourth-order valence-corrected chi connectivity index (χ4v) is 30.1. The summed E-state index contributed by atoms with van der Waals surface area (Å²) in [5, 5.41) is 26.2. The summed E-state index contributed by atoms with van der Waals surface area (Å²) in [6, 6.07) is 205. The fraction of sp³-hybridized carbons (Fsp3) is 0. The van der Waals surface area contributed by atoms with Gasteiger partial charge in [0.2, 0.25) is 0 Å². The lowest BCUT2D eigenvalue weighted by molar-refractivity contribution is 0.591.